The van der Waals surface area contributed by atoms with E-state index in [4.69, 9.17) is 0 Å². The maximum atomic E-state index is 9.91. The summed E-state index contributed by atoms with van der Waals surface area (Å²) in [6.07, 6.45) is 11.0. The summed E-state index contributed by atoms with van der Waals surface area (Å²) in [7, 11) is 0. The van der Waals surface area contributed by atoms with Crippen molar-refractivity contribution in [1.82, 2.24) is 0 Å². The molecule has 2 unspecified atom stereocenters. The van der Waals surface area contributed by atoms with Crippen LogP contribution in [0.2, 0.25) is 0 Å². The Morgan fingerprint density at radius 3 is 2.83 bits per heavy atom. The summed E-state index contributed by atoms with van der Waals surface area (Å²) < 4.78 is 0. The van der Waals surface area contributed by atoms with Crippen molar-refractivity contribution in [2.75, 3.05) is 0 Å². The number of rotatable bonds is 2. The highest BCUT2D eigenvalue weighted by atomic mass is 16.3. The Morgan fingerprint density at radius 1 is 1.67 bits per heavy atom. The van der Waals surface area contributed by atoms with Gasteiger partial charge >= 0.3 is 0 Å². The van der Waals surface area contributed by atoms with Gasteiger partial charge in [0.05, 0.1) is 0 Å². The van der Waals surface area contributed by atoms with Gasteiger partial charge in [-0.3, -0.25) is 0 Å². The van der Waals surface area contributed by atoms with Crippen molar-refractivity contribution >= 4 is 0 Å². The van der Waals surface area contributed by atoms with Crippen molar-refractivity contribution in [3.05, 3.63) is 24.3 Å². The predicted molar refractivity (Wildman–Crippen MR) is 51.9 cm³/mol. The summed E-state index contributed by atoms with van der Waals surface area (Å²) in [6.45, 7) is 4.13. The summed E-state index contributed by atoms with van der Waals surface area (Å²) in [6, 6.07) is 0. The lowest BCUT2D eigenvalue weighted by atomic mass is 9.84. The summed E-state index contributed by atoms with van der Waals surface area (Å²) in [4.78, 5) is 0. The van der Waals surface area contributed by atoms with Gasteiger partial charge in [-0.15, -0.1) is 0 Å². The van der Waals surface area contributed by atoms with Gasteiger partial charge in [0.1, 0.15) is 5.60 Å². The van der Waals surface area contributed by atoms with E-state index in [9.17, 15) is 5.11 Å². The van der Waals surface area contributed by atoms with Gasteiger partial charge in [0.15, 0.2) is 0 Å². The van der Waals surface area contributed by atoms with Gasteiger partial charge in [-0.25, -0.2) is 0 Å². The first-order valence-electron chi connectivity index (χ1n) is 4.76. The van der Waals surface area contributed by atoms with Gasteiger partial charge < -0.3 is 5.11 Å². The SMILES string of the molecule is C/C=C/C1(O)C=CC(CC)CC1. The number of hydrogen-bond donors (Lipinski definition) is 1. The molecule has 0 aliphatic heterocycles. The van der Waals surface area contributed by atoms with Crippen molar-refractivity contribution in [3.63, 3.8) is 0 Å². The zero-order valence-electron chi connectivity index (χ0n) is 7.96. The molecule has 0 bridgehead atoms. The Morgan fingerprint density at radius 2 is 2.42 bits per heavy atom. The van der Waals surface area contributed by atoms with Gasteiger partial charge in [0, 0.05) is 0 Å². The first-order valence-corrected chi connectivity index (χ1v) is 4.76. The van der Waals surface area contributed by atoms with Crippen molar-refractivity contribution < 1.29 is 5.11 Å². The molecule has 1 aliphatic rings. The molecule has 0 radical (unpaired) electrons. The average Bonchev–Trinajstić information content (AvgIpc) is 2.06. The minimum Gasteiger partial charge on any atom is -0.382 e. The molecule has 1 heteroatoms. The highest BCUT2D eigenvalue weighted by Gasteiger charge is 2.24. The maximum Gasteiger partial charge on any atom is 0.101 e. The quantitative estimate of drug-likeness (QED) is 0.625. The maximum absolute atomic E-state index is 9.91. The fraction of sp³-hybridized carbons (Fsp3) is 0.636. The van der Waals surface area contributed by atoms with Crippen LogP contribution in [0.4, 0.5) is 0 Å². The Kier molecular flexibility index (Phi) is 3.10. The van der Waals surface area contributed by atoms with E-state index >= 15 is 0 Å². The third kappa shape index (κ3) is 2.21. The predicted octanol–water partition coefficient (Wildman–Crippen LogP) is 2.67. The lowest BCUT2D eigenvalue weighted by Crippen LogP contribution is -2.26. The van der Waals surface area contributed by atoms with E-state index in [1.54, 1.807) is 0 Å². The number of hydrogen-bond acceptors (Lipinski definition) is 1. The van der Waals surface area contributed by atoms with Gasteiger partial charge in [-0.05, 0) is 32.1 Å². The topological polar surface area (TPSA) is 20.2 Å². The Hall–Kier alpha value is -0.560. The molecule has 2 atom stereocenters. The molecule has 0 spiro atoms. The van der Waals surface area contributed by atoms with E-state index in [0.29, 0.717) is 5.92 Å². The highest BCUT2D eigenvalue weighted by molar-refractivity contribution is 5.16. The van der Waals surface area contributed by atoms with E-state index in [0.717, 1.165) is 12.8 Å². The van der Waals surface area contributed by atoms with Crippen molar-refractivity contribution in [2.45, 2.75) is 38.7 Å². The molecule has 1 nitrogen and oxygen atoms in total. The van der Waals surface area contributed by atoms with Crippen LogP contribution in [0.5, 0.6) is 0 Å². The summed E-state index contributed by atoms with van der Waals surface area (Å²) in [5.41, 5.74) is -0.652. The van der Waals surface area contributed by atoms with Crippen molar-refractivity contribution in [2.24, 2.45) is 5.92 Å². The molecule has 0 aromatic carbocycles. The summed E-state index contributed by atoms with van der Waals surface area (Å²) >= 11 is 0. The highest BCUT2D eigenvalue weighted by Crippen LogP contribution is 2.28. The third-order valence-corrected chi connectivity index (χ3v) is 2.55. The number of aliphatic hydroxyl groups is 1. The zero-order chi connectivity index (χ0) is 9.03. The van der Waals surface area contributed by atoms with Crippen LogP contribution in [0.15, 0.2) is 24.3 Å². The van der Waals surface area contributed by atoms with E-state index in [-0.39, 0.29) is 0 Å². The monoisotopic (exact) mass is 166 g/mol. The molecule has 68 valence electrons. The minimum absolute atomic E-state index is 0.652. The summed E-state index contributed by atoms with van der Waals surface area (Å²) in [5, 5.41) is 9.91. The molecule has 0 saturated carbocycles. The molecule has 0 amide bonds. The van der Waals surface area contributed by atoms with Crippen molar-refractivity contribution in [1.29, 1.82) is 0 Å². The largest absolute Gasteiger partial charge is 0.382 e. The molecule has 0 aromatic rings. The van der Waals surface area contributed by atoms with Gasteiger partial charge in [-0.2, -0.15) is 0 Å². The zero-order valence-corrected chi connectivity index (χ0v) is 7.96. The molecule has 1 N–H and O–H groups in total. The van der Waals surface area contributed by atoms with E-state index in [2.05, 4.69) is 13.0 Å². The Balaban J connectivity index is 2.63. The smallest absolute Gasteiger partial charge is 0.101 e. The lowest BCUT2D eigenvalue weighted by molar-refractivity contribution is 0.117. The third-order valence-electron chi connectivity index (χ3n) is 2.55. The first kappa shape index (κ1) is 9.53. The van der Waals surface area contributed by atoms with Crippen LogP contribution in [0.3, 0.4) is 0 Å². The second-order valence-corrected chi connectivity index (χ2v) is 3.56. The average molecular weight is 166 g/mol. The van der Waals surface area contributed by atoms with E-state index < -0.39 is 5.60 Å². The molecule has 0 saturated heterocycles. The molecule has 0 heterocycles. The molecule has 0 fully saturated rings. The van der Waals surface area contributed by atoms with Crippen LogP contribution in [0.1, 0.15) is 33.1 Å². The first-order chi connectivity index (χ1) is 5.70. The Labute approximate surface area is 74.8 Å². The van der Waals surface area contributed by atoms with Crippen LogP contribution in [-0.4, -0.2) is 10.7 Å². The molecular formula is C11H18O. The van der Waals surface area contributed by atoms with Gasteiger partial charge in [0.2, 0.25) is 0 Å². The van der Waals surface area contributed by atoms with Gasteiger partial charge in [-0.1, -0.05) is 31.2 Å². The lowest BCUT2D eigenvalue weighted by Gasteiger charge is -2.27. The Bertz CT molecular complexity index is 193. The van der Waals surface area contributed by atoms with Crippen LogP contribution in [-0.2, 0) is 0 Å². The van der Waals surface area contributed by atoms with Crippen molar-refractivity contribution in [3.8, 4) is 0 Å². The van der Waals surface area contributed by atoms with Crippen LogP contribution >= 0.6 is 0 Å². The minimum atomic E-state index is -0.652. The van der Waals surface area contributed by atoms with Crippen LogP contribution in [0, 0.1) is 5.92 Å². The van der Waals surface area contributed by atoms with Crippen LogP contribution in [0.25, 0.3) is 0 Å². The standard InChI is InChI=1S/C11H18O/c1-3-7-11(12)8-5-10(4-2)6-9-11/h3,5,7-8,10,12H,4,6,9H2,1-2H3/b7-3+. The van der Waals surface area contributed by atoms with Crippen LogP contribution < -0.4 is 0 Å². The second-order valence-electron chi connectivity index (χ2n) is 3.56. The molecule has 0 aromatic heterocycles. The molecule has 12 heavy (non-hydrogen) atoms. The number of allylic oxidation sites excluding steroid dienone is 2. The van der Waals surface area contributed by atoms with E-state index in [1.807, 2.05) is 25.2 Å². The van der Waals surface area contributed by atoms with Gasteiger partial charge in [0.25, 0.3) is 0 Å². The second kappa shape index (κ2) is 3.90. The summed E-state index contributed by atoms with van der Waals surface area (Å²) in [5.74, 6) is 0.676. The fourth-order valence-corrected chi connectivity index (χ4v) is 1.67. The fourth-order valence-electron chi connectivity index (χ4n) is 1.67. The molecular weight excluding hydrogens is 148 g/mol. The normalized spacial score (nSPS) is 36.1. The molecule has 1 aliphatic carbocycles. The van der Waals surface area contributed by atoms with E-state index in [1.165, 1.54) is 6.42 Å². The molecule has 1 rings (SSSR count).